The monoisotopic (exact) mass is 332 g/mol. The minimum atomic E-state index is -0.396. The Morgan fingerprint density at radius 1 is 1.10 bits per heavy atom. The highest BCUT2D eigenvalue weighted by molar-refractivity contribution is 6.36. The van der Waals surface area contributed by atoms with Gasteiger partial charge in [0.2, 0.25) is 0 Å². The molecule has 20 heavy (non-hydrogen) atoms. The Labute approximate surface area is 131 Å². The number of rotatable bonds is 4. The van der Waals surface area contributed by atoms with Crippen LogP contribution in [0.2, 0.25) is 15.1 Å². The molecule has 1 unspecified atom stereocenters. The van der Waals surface area contributed by atoms with Crippen LogP contribution in [-0.2, 0) is 6.42 Å². The molecule has 0 aliphatic carbocycles. The predicted octanol–water partition coefficient (Wildman–Crippen LogP) is 4.53. The summed E-state index contributed by atoms with van der Waals surface area (Å²) >= 11 is 18.0. The van der Waals surface area contributed by atoms with E-state index in [2.05, 4.69) is 5.43 Å². The largest absolute Gasteiger partial charge is 0.271 e. The first-order chi connectivity index (χ1) is 9.52. The SMILES string of the molecule is NNC(Cc1ccc(Cl)cc1F)c1c(Cl)cccc1Cl. The summed E-state index contributed by atoms with van der Waals surface area (Å²) in [5, 5.41) is 1.31. The van der Waals surface area contributed by atoms with Crippen LogP contribution in [0.3, 0.4) is 0 Å². The Bertz CT molecular complexity index is 599. The standard InChI is InChI=1S/C14H12Cl3FN2/c15-9-5-4-8(12(18)7-9)6-13(20-19)14-10(16)2-1-3-11(14)17/h1-5,7,13,20H,6,19H2. The fourth-order valence-electron chi connectivity index (χ4n) is 2.00. The number of halogens is 4. The maximum absolute atomic E-state index is 13.8. The Kier molecular flexibility index (Phi) is 5.24. The van der Waals surface area contributed by atoms with E-state index in [0.717, 1.165) is 0 Å². The quantitative estimate of drug-likeness (QED) is 0.637. The molecule has 3 N–H and O–H groups in total. The average molecular weight is 334 g/mol. The smallest absolute Gasteiger partial charge is 0.127 e. The third kappa shape index (κ3) is 3.43. The summed E-state index contributed by atoms with van der Waals surface area (Å²) in [5.41, 5.74) is 3.75. The summed E-state index contributed by atoms with van der Waals surface area (Å²) < 4.78 is 13.8. The zero-order chi connectivity index (χ0) is 14.7. The van der Waals surface area contributed by atoms with Gasteiger partial charge in [-0.2, -0.15) is 0 Å². The first kappa shape index (κ1) is 15.5. The number of nitrogens with one attached hydrogen (secondary N) is 1. The van der Waals surface area contributed by atoms with Crippen LogP contribution in [0.5, 0.6) is 0 Å². The van der Waals surface area contributed by atoms with E-state index in [4.69, 9.17) is 40.6 Å². The van der Waals surface area contributed by atoms with Gasteiger partial charge in [-0.25, -0.2) is 4.39 Å². The van der Waals surface area contributed by atoms with Gasteiger partial charge in [0.05, 0.1) is 6.04 Å². The van der Waals surface area contributed by atoms with Crippen molar-refractivity contribution in [2.45, 2.75) is 12.5 Å². The third-order valence-electron chi connectivity index (χ3n) is 2.99. The summed E-state index contributed by atoms with van der Waals surface area (Å²) in [6.45, 7) is 0. The van der Waals surface area contributed by atoms with E-state index in [1.54, 1.807) is 30.3 Å². The predicted molar refractivity (Wildman–Crippen MR) is 81.6 cm³/mol. The van der Waals surface area contributed by atoms with E-state index in [9.17, 15) is 4.39 Å². The molecule has 6 heteroatoms. The minimum Gasteiger partial charge on any atom is -0.271 e. The van der Waals surface area contributed by atoms with Gasteiger partial charge in [0, 0.05) is 20.6 Å². The summed E-state index contributed by atoms with van der Waals surface area (Å²) in [6.07, 6.45) is 0.308. The van der Waals surface area contributed by atoms with Crippen molar-refractivity contribution in [3.8, 4) is 0 Å². The fraction of sp³-hybridized carbons (Fsp3) is 0.143. The second kappa shape index (κ2) is 6.74. The molecule has 0 heterocycles. The fourth-order valence-corrected chi connectivity index (χ4v) is 2.81. The molecule has 0 bridgehead atoms. The van der Waals surface area contributed by atoms with Crippen molar-refractivity contribution in [2.75, 3.05) is 0 Å². The summed E-state index contributed by atoms with van der Waals surface area (Å²) in [6, 6.07) is 9.28. The molecule has 0 radical (unpaired) electrons. The molecule has 0 saturated carbocycles. The molecule has 106 valence electrons. The number of hydrogen-bond acceptors (Lipinski definition) is 2. The van der Waals surface area contributed by atoms with Gasteiger partial charge < -0.3 is 0 Å². The maximum Gasteiger partial charge on any atom is 0.127 e. The molecule has 2 rings (SSSR count). The van der Waals surface area contributed by atoms with Gasteiger partial charge in [0.25, 0.3) is 0 Å². The van der Waals surface area contributed by atoms with Gasteiger partial charge in [0.1, 0.15) is 5.82 Å². The van der Waals surface area contributed by atoms with Crippen LogP contribution in [0.25, 0.3) is 0 Å². The van der Waals surface area contributed by atoms with E-state index in [0.29, 0.717) is 32.6 Å². The van der Waals surface area contributed by atoms with Crippen molar-refractivity contribution >= 4 is 34.8 Å². The van der Waals surface area contributed by atoms with Crippen LogP contribution in [0.15, 0.2) is 36.4 Å². The number of nitrogens with two attached hydrogens (primary N) is 1. The molecule has 0 amide bonds. The Morgan fingerprint density at radius 2 is 1.75 bits per heavy atom. The van der Waals surface area contributed by atoms with E-state index in [1.165, 1.54) is 6.07 Å². The zero-order valence-corrected chi connectivity index (χ0v) is 12.6. The molecular formula is C14H12Cl3FN2. The van der Waals surface area contributed by atoms with Crippen molar-refractivity contribution < 1.29 is 4.39 Å². The second-order valence-electron chi connectivity index (χ2n) is 4.29. The summed E-state index contributed by atoms with van der Waals surface area (Å²) in [4.78, 5) is 0. The lowest BCUT2D eigenvalue weighted by Crippen LogP contribution is -2.30. The van der Waals surface area contributed by atoms with E-state index in [-0.39, 0.29) is 5.82 Å². The van der Waals surface area contributed by atoms with Crippen LogP contribution < -0.4 is 11.3 Å². The van der Waals surface area contributed by atoms with E-state index >= 15 is 0 Å². The third-order valence-corrected chi connectivity index (χ3v) is 3.88. The van der Waals surface area contributed by atoms with E-state index in [1.807, 2.05) is 0 Å². The lowest BCUT2D eigenvalue weighted by Gasteiger charge is -2.19. The molecule has 0 saturated heterocycles. The highest BCUT2D eigenvalue weighted by atomic mass is 35.5. The van der Waals surface area contributed by atoms with Crippen molar-refractivity contribution in [2.24, 2.45) is 5.84 Å². The number of hydrazine groups is 1. The summed E-state index contributed by atoms with van der Waals surface area (Å²) in [5.74, 6) is 5.17. The van der Waals surface area contributed by atoms with Crippen LogP contribution in [0, 0.1) is 5.82 Å². The molecule has 0 aliphatic rings. The Hall–Kier alpha value is -0.840. The topological polar surface area (TPSA) is 38.0 Å². The Morgan fingerprint density at radius 3 is 2.30 bits per heavy atom. The highest BCUT2D eigenvalue weighted by Crippen LogP contribution is 2.32. The molecule has 2 aromatic carbocycles. The molecular weight excluding hydrogens is 322 g/mol. The second-order valence-corrected chi connectivity index (χ2v) is 5.55. The molecule has 2 nitrogen and oxygen atoms in total. The van der Waals surface area contributed by atoms with Crippen LogP contribution in [0.1, 0.15) is 17.2 Å². The number of benzene rings is 2. The lowest BCUT2D eigenvalue weighted by atomic mass is 9.99. The molecule has 0 aromatic heterocycles. The first-order valence-corrected chi connectivity index (χ1v) is 7.00. The van der Waals surface area contributed by atoms with Gasteiger partial charge in [-0.15, -0.1) is 0 Å². The highest BCUT2D eigenvalue weighted by Gasteiger charge is 2.19. The minimum absolute atomic E-state index is 0.308. The zero-order valence-electron chi connectivity index (χ0n) is 10.3. The van der Waals surface area contributed by atoms with Crippen molar-refractivity contribution in [1.82, 2.24) is 5.43 Å². The first-order valence-electron chi connectivity index (χ1n) is 5.87. The molecule has 0 spiro atoms. The normalized spacial score (nSPS) is 12.4. The van der Waals surface area contributed by atoms with Gasteiger partial charge >= 0.3 is 0 Å². The van der Waals surface area contributed by atoms with Crippen LogP contribution >= 0.6 is 34.8 Å². The van der Waals surface area contributed by atoms with Gasteiger partial charge in [-0.05, 0) is 36.2 Å². The van der Waals surface area contributed by atoms with E-state index < -0.39 is 6.04 Å². The van der Waals surface area contributed by atoms with Crippen molar-refractivity contribution in [1.29, 1.82) is 0 Å². The number of hydrogen-bond donors (Lipinski definition) is 2. The van der Waals surface area contributed by atoms with Crippen LogP contribution in [-0.4, -0.2) is 0 Å². The van der Waals surface area contributed by atoms with Gasteiger partial charge in [0.15, 0.2) is 0 Å². The van der Waals surface area contributed by atoms with Gasteiger partial charge in [-0.1, -0.05) is 46.9 Å². The summed E-state index contributed by atoms with van der Waals surface area (Å²) in [7, 11) is 0. The average Bonchev–Trinajstić information content (AvgIpc) is 2.39. The van der Waals surface area contributed by atoms with Gasteiger partial charge in [-0.3, -0.25) is 11.3 Å². The maximum atomic E-state index is 13.8. The van der Waals surface area contributed by atoms with Crippen molar-refractivity contribution in [3.63, 3.8) is 0 Å². The molecule has 0 aliphatic heterocycles. The van der Waals surface area contributed by atoms with Crippen LogP contribution in [0.4, 0.5) is 4.39 Å². The van der Waals surface area contributed by atoms with Crippen molar-refractivity contribution in [3.05, 3.63) is 68.4 Å². The Balaban J connectivity index is 2.34. The molecule has 1 atom stereocenters. The molecule has 0 fully saturated rings. The molecule has 2 aromatic rings. The lowest BCUT2D eigenvalue weighted by molar-refractivity contribution is 0.529.